The Morgan fingerprint density at radius 3 is 2.82 bits per heavy atom. The van der Waals surface area contributed by atoms with E-state index in [4.69, 9.17) is 10.5 Å². The topological polar surface area (TPSA) is 75.9 Å². The number of hydrogen-bond acceptors (Lipinski definition) is 4. The highest BCUT2D eigenvalue weighted by Gasteiger charge is 2.35. The van der Waals surface area contributed by atoms with Crippen LogP contribution in [0, 0.1) is 5.82 Å². The fourth-order valence-corrected chi connectivity index (χ4v) is 2.93. The number of amides is 2. The Kier molecular flexibility index (Phi) is 3.74. The van der Waals surface area contributed by atoms with Gasteiger partial charge in [-0.05, 0) is 24.1 Å². The van der Waals surface area contributed by atoms with Gasteiger partial charge in [0.15, 0.2) is 0 Å². The average molecular weight is 307 g/mol. The molecular formula is C15H18FN3O3. The van der Waals surface area contributed by atoms with Gasteiger partial charge in [0.2, 0.25) is 5.91 Å². The molecule has 1 fully saturated rings. The predicted molar refractivity (Wildman–Crippen MR) is 79.4 cm³/mol. The molecule has 2 amide bonds. The van der Waals surface area contributed by atoms with Crippen LogP contribution in [-0.4, -0.2) is 37.7 Å². The van der Waals surface area contributed by atoms with E-state index in [1.807, 2.05) is 6.92 Å². The smallest absolute Gasteiger partial charge is 0.414 e. The van der Waals surface area contributed by atoms with Gasteiger partial charge < -0.3 is 15.4 Å². The van der Waals surface area contributed by atoms with E-state index in [1.54, 1.807) is 6.07 Å². The van der Waals surface area contributed by atoms with Gasteiger partial charge in [0.05, 0.1) is 24.3 Å². The molecule has 2 N–H and O–H groups in total. The van der Waals surface area contributed by atoms with E-state index in [0.29, 0.717) is 30.0 Å². The van der Waals surface area contributed by atoms with Crippen LogP contribution in [0.4, 0.5) is 20.6 Å². The Hall–Kier alpha value is -2.15. The molecule has 1 atom stereocenters. The summed E-state index contributed by atoms with van der Waals surface area (Å²) in [5.74, 6) is -0.604. The number of fused-ring (bicyclic) bond motifs is 1. The molecule has 0 bridgehead atoms. The van der Waals surface area contributed by atoms with Gasteiger partial charge in [-0.25, -0.2) is 9.18 Å². The number of anilines is 2. The van der Waals surface area contributed by atoms with Crippen molar-refractivity contribution in [3.05, 3.63) is 23.5 Å². The Morgan fingerprint density at radius 2 is 2.18 bits per heavy atom. The highest BCUT2D eigenvalue weighted by atomic mass is 19.1. The van der Waals surface area contributed by atoms with Gasteiger partial charge in [0.1, 0.15) is 11.9 Å². The van der Waals surface area contributed by atoms with Gasteiger partial charge >= 0.3 is 6.09 Å². The summed E-state index contributed by atoms with van der Waals surface area (Å²) < 4.78 is 19.5. The van der Waals surface area contributed by atoms with Gasteiger partial charge in [-0.2, -0.15) is 0 Å². The van der Waals surface area contributed by atoms with Crippen molar-refractivity contribution < 1.29 is 18.7 Å². The monoisotopic (exact) mass is 307 g/mol. The predicted octanol–water partition coefficient (Wildman–Crippen LogP) is 1.41. The standard InChI is InChI=1S/C15H18FN3O3/c1-2-3-18-13(20)5-9-4-10(6-12(16)14(9)18)19-8-11(7-17)22-15(19)21/h4,6,11H,2-3,5,7-8,17H2,1H3/t11-/m1/s1. The first kappa shape index (κ1) is 14.8. The highest BCUT2D eigenvalue weighted by Crippen LogP contribution is 2.36. The number of cyclic esters (lactones) is 1. The summed E-state index contributed by atoms with van der Waals surface area (Å²) in [4.78, 5) is 26.7. The maximum absolute atomic E-state index is 14.5. The minimum absolute atomic E-state index is 0.114. The molecule has 2 aliphatic rings. The van der Waals surface area contributed by atoms with Gasteiger partial charge in [0, 0.05) is 13.1 Å². The Balaban J connectivity index is 1.95. The van der Waals surface area contributed by atoms with E-state index in [2.05, 4.69) is 0 Å². The molecule has 0 aromatic heterocycles. The molecule has 2 heterocycles. The van der Waals surface area contributed by atoms with Crippen LogP contribution in [0.1, 0.15) is 18.9 Å². The molecule has 1 aromatic rings. The lowest BCUT2D eigenvalue weighted by Crippen LogP contribution is -2.28. The number of carbonyl (C=O) groups is 2. The Morgan fingerprint density at radius 1 is 1.41 bits per heavy atom. The summed E-state index contributed by atoms with van der Waals surface area (Å²) in [5.41, 5.74) is 6.84. The number of benzene rings is 1. The summed E-state index contributed by atoms with van der Waals surface area (Å²) >= 11 is 0. The molecule has 0 spiro atoms. The molecule has 3 rings (SSSR count). The quantitative estimate of drug-likeness (QED) is 0.912. The molecule has 0 unspecified atom stereocenters. The fourth-order valence-electron chi connectivity index (χ4n) is 2.93. The van der Waals surface area contributed by atoms with Crippen LogP contribution in [0.2, 0.25) is 0 Å². The zero-order valence-electron chi connectivity index (χ0n) is 12.3. The molecule has 7 heteroatoms. The summed E-state index contributed by atoms with van der Waals surface area (Å²) in [5, 5.41) is 0. The van der Waals surface area contributed by atoms with E-state index in [9.17, 15) is 14.0 Å². The molecule has 118 valence electrons. The van der Waals surface area contributed by atoms with E-state index in [1.165, 1.54) is 15.9 Å². The molecule has 1 aromatic carbocycles. The van der Waals surface area contributed by atoms with Crippen molar-refractivity contribution in [3.63, 3.8) is 0 Å². The van der Waals surface area contributed by atoms with Crippen LogP contribution in [0.5, 0.6) is 0 Å². The third-order valence-corrected chi connectivity index (χ3v) is 3.94. The number of nitrogens with two attached hydrogens (primary N) is 1. The molecule has 0 radical (unpaired) electrons. The summed E-state index contributed by atoms with van der Waals surface area (Å²) in [6, 6.07) is 2.96. The van der Waals surface area contributed by atoms with Gasteiger partial charge in [-0.3, -0.25) is 9.69 Å². The van der Waals surface area contributed by atoms with Crippen LogP contribution in [0.15, 0.2) is 12.1 Å². The lowest BCUT2D eigenvalue weighted by atomic mass is 10.1. The summed E-state index contributed by atoms with van der Waals surface area (Å²) in [6.45, 7) is 2.94. The van der Waals surface area contributed by atoms with Crippen LogP contribution in [-0.2, 0) is 16.0 Å². The molecular weight excluding hydrogens is 289 g/mol. The molecule has 2 aliphatic heterocycles. The van der Waals surface area contributed by atoms with E-state index in [-0.39, 0.29) is 25.0 Å². The fraction of sp³-hybridized carbons (Fsp3) is 0.467. The number of nitrogens with zero attached hydrogens (tertiary/aromatic N) is 2. The van der Waals surface area contributed by atoms with Gasteiger partial charge in [-0.15, -0.1) is 0 Å². The SMILES string of the molecule is CCCN1C(=O)Cc2cc(N3C[C@@H](CN)OC3=O)cc(F)c21. The second-order valence-corrected chi connectivity index (χ2v) is 5.51. The van der Waals surface area contributed by atoms with Crippen molar-refractivity contribution in [2.45, 2.75) is 25.9 Å². The number of ether oxygens (including phenoxy) is 1. The third kappa shape index (κ3) is 2.31. The zero-order valence-corrected chi connectivity index (χ0v) is 12.3. The first-order chi connectivity index (χ1) is 10.5. The molecule has 0 saturated carbocycles. The number of halogens is 1. The maximum Gasteiger partial charge on any atom is 0.414 e. The maximum atomic E-state index is 14.5. The Bertz CT molecular complexity index is 635. The number of rotatable bonds is 4. The van der Waals surface area contributed by atoms with Crippen molar-refractivity contribution in [2.75, 3.05) is 29.4 Å². The number of carbonyl (C=O) groups excluding carboxylic acids is 2. The van der Waals surface area contributed by atoms with Crippen molar-refractivity contribution in [3.8, 4) is 0 Å². The first-order valence-corrected chi connectivity index (χ1v) is 7.36. The molecule has 22 heavy (non-hydrogen) atoms. The largest absolute Gasteiger partial charge is 0.443 e. The van der Waals surface area contributed by atoms with Crippen molar-refractivity contribution in [1.29, 1.82) is 0 Å². The zero-order chi connectivity index (χ0) is 15.9. The number of hydrogen-bond donors (Lipinski definition) is 1. The summed E-state index contributed by atoms with van der Waals surface area (Å²) in [7, 11) is 0. The molecule has 0 aliphatic carbocycles. The van der Waals surface area contributed by atoms with Crippen molar-refractivity contribution in [2.24, 2.45) is 5.73 Å². The summed E-state index contributed by atoms with van der Waals surface area (Å²) in [6.07, 6.45) is -0.0154. The molecule has 6 nitrogen and oxygen atoms in total. The minimum atomic E-state index is -0.537. The van der Waals surface area contributed by atoms with Gasteiger partial charge in [-0.1, -0.05) is 6.92 Å². The van der Waals surface area contributed by atoms with Crippen LogP contribution in [0.25, 0.3) is 0 Å². The van der Waals surface area contributed by atoms with E-state index in [0.717, 1.165) is 6.42 Å². The first-order valence-electron chi connectivity index (χ1n) is 7.36. The van der Waals surface area contributed by atoms with Crippen molar-refractivity contribution >= 4 is 23.4 Å². The van der Waals surface area contributed by atoms with Crippen LogP contribution >= 0.6 is 0 Å². The van der Waals surface area contributed by atoms with Crippen LogP contribution < -0.4 is 15.5 Å². The minimum Gasteiger partial charge on any atom is -0.443 e. The lowest BCUT2D eigenvalue weighted by Gasteiger charge is -2.19. The highest BCUT2D eigenvalue weighted by molar-refractivity contribution is 6.02. The second kappa shape index (κ2) is 5.57. The van der Waals surface area contributed by atoms with Crippen molar-refractivity contribution in [1.82, 2.24) is 0 Å². The molecule has 1 saturated heterocycles. The van der Waals surface area contributed by atoms with Crippen LogP contribution in [0.3, 0.4) is 0 Å². The third-order valence-electron chi connectivity index (χ3n) is 3.94. The Labute approximate surface area is 127 Å². The van der Waals surface area contributed by atoms with E-state index >= 15 is 0 Å². The average Bonchev–Trinajstić information content (AvgIpc) is 3.00. The normalized spacial score (nSPS) is 20.6. The second-order valence-electron chi connectivity index (χ2n) is 5.51. The van der Waals surface area contributed by atoms with Gasteiger partial charge in [0.25, 0.3) is 0 Å². The van der Waals surface area contributed by atoms with E-state index < -0.39 is 11.9 Å². The lowest BCUT2D eigenvalue weighted by molar-refractivity contribution is -0.117.